The predicted octanol–water partition coefficient (Wildman–Crippen LogP) is 3.95. The van der Waals surface area contributed by atoms with Crippen LogP contribution in [0.1, 0.15) is 39.5 Å². The van der Waals surface area contributed by atoms with E-state index in [1.807, 2.05) is 0 Å². The van der Waals surface area contributed by atoms with Crippen LogP contribution in [-0.2, 0) is 0 Å². The molecule has 72 valence electrons. The standard InChI is InChI=1S/C13H20/c1-10-9-11(2)13-8-6-4-3-5-7-12(10)13/h3,5,7,10-11,13H,4,6,8-9H2,1-2H3/b5-3-,12-7?. The molecule has 0 bridgehead atoms. The van der Waals surface area contributed by atoms with Gasteiger partial charge < -0.3 is 0 Å². The molecule has 0 heterocycles. The van der Waals surface area contributed by atoms with Crippen molar-refractivity contribution in [3.05, 3.63) is 23.8 Å². The highest BCUT2D eigenvalue weighted by atomic mass is 14.4. The van der Waals surface area contributed by atoms with Crippen molar-refractivity contribution in [1.29, 1.82) is 0 Å². The van der Waals surface area contributed by atoms with Gasteiger partial charge in [-0.1, -0.05) is 37.6 Å². The Bertz CT molecular complexity index is 234. The van der Waals surface area contributed by atoms with Gasteiger partial charge in [0.25, 0.3) is 0 Å². The summed E-state index contributed by atoms with van der Waals surface area (Å²) in [6.45, 7) is 4.81. The third-order valence-electron chi connectivity index (χ3n) is 3.72. The van der Waals surface area contributed by atoms with Crippen molar-refractivity contribution in [2.45, 2.75) is 39.5 Å². The van der Waals surface area contributed by atoms with Gasteiger partial charge in [0.05, 0.1) is 0 Å². The van der Waals surface area contributed by atoms with E-state index in [-0.39, 0.29) is 0 Å². The van der Waals surface area contributed by atoms with E-state index in [4.69, 9.17) is 0 Å². The van der Waals surface area contributed by atoms with Crippen LogP contribution in [0, 0.1) is 17.8 Å². The minimum atomic E-state index is 0.836. The molecule has 0 nitrogen and oxygen atoms in total. The van der Waals surface area contributed by atoms with E-state index in [2.05, 4.69) is 32.1 Å². The van der Waals surface area contributed by atoms with Crippen LogP contribution in [0.2, 0.25) is 0 Å². The van der Waals surface area contributed by atoms with Crippen molar-refractivity contribution >= 4 is 0 Å². The average molecular weight is 176 g/mol. The third-order valence-corrected chi connectivity index (χ3v) is 3.72. The monoisotopic (exact) mass is 176 g/mol. The molecule has 0 aromatic carbocycles. The molecule has 0 radical (unpaired) electrons. The second kappa shape index (κ2) is 3.69. The van der Waals surface area contributed by atoms with E-state index < -0.39 is 0 Å². The first-order chi connectivity index (χ1) is 6.29. The fourth-order valence-corrected chi connectivity index (χ4v) is 3.02. The maximum absolute atomic E-state index is 2.42. The van der Waals surface area contributed by atoms with E-state index in [1.54, 1.807) is 5.57 Å². The molecule has 1 saturated carbocycles. The Labute approximate surface area is 81.7 Å². The van der Waals surface area contributed by atoms with Gasteiger partial charge in [0.2, 0.25) is 0 Å². The van der Waals surface area contributed by atoms with Gasteiger partial charge in [0.1, 0.15) is 0 Å². The molecule has 0 aromatic heterocycles. The first-order valence-corrected chi connectivity index (χ1v) is 5.65. The van der Waals surface area contributed by atoms with Crippen molar-refractivity contribution in [3.63, 3.8) is 0 Å². The van der Waals surface area contributed by atoms with Crippen LogP contribution in [0.5, 0.6) is 0 Å². The van der Waals surface area contributed by atoms with Gasteiger partial charge in [-0.2, -0.15) is 0 Å². The molecule has 0 aliphatic heterocycles. The quantitative estimate of drug-likeness (QED) is 0.524. The average Bonchev–Trinajstić information content (AvgIpc) is 2.25. The van der Waals surface area contributed by atoms with E-state index in [1.165, 1.54) is 25.7 Å². The molecule has 0 saturated heterocycles. The van der Waals surface area contributed by atoms with Crippen LogP contribution in [0.15, 0.2) is 23.8 Å². The lowest BCUT2D eigenvalue weighted by molar-refractivity contribution is 0.417. The zero-order valence-electron chi connectivity index (χ0n) is 8.79. The van der Waals surface area contributed by atoms with E-state index >= 15 is 0 Å². The zero-order chi connectivity index (χ0) is 9.26. The Kier molecular flexibility index (Phi) is 2.57. The first kappa shape index (κ1) is 9.05. The van der Waals surface area contributed by atoms with E-state index in [9.17, 15) is 0 Å². The molecule has 3 atom stereocenters. The highest BCUT2D eigenvalue weighted by Gasteiger charge is 2.32. The number of fused-ring (bicyclic) bond motifs is 1. The Balaban J connectivity index is 2.24. The molecule has 2 rings (SSSR count). The molecule has 13 heavy (non-hydrogen) atoms. The summed E-state index contributed by atoms with van der Waals surface area (Å²) in [6, 6.07) is 0. The van der Waals surface area contributed by atoms with E-state index in [0.717, 1.165) is 17.8 Å². The smallest absolute Gasteiger partial charge is 0.0171 e. The number of hydrogen-bond donors (Lipinski definition) is 0. The second-order valence-electron chi connectivity index (χ2n) is 4.75. The fourth-order valence-electron chi connectivity index (χ4n) is 3.02. The number of hydrogen-bond acceptors (Lipinski definition) is 0. The van der Waals surface area contributed by atoms with E-state index in [0.29, 0.717) is 0 Å². The Morgan fingerprint density at radius 1 is 1.31 bits per heavy atom. The minimum absolute atomic E-state index is 0.836. The van der Waals surface area contributed by atoms with Gasteiger partial charge in [-0.15, -0.1) is 0 Å². The fraction of sp³-hybridized carbons (Fsp3) is 0.692. The predicted molar refractivity (Wildman–Crippen MR) is 57.5 cm³/mol. The molecule has 0 spiro atoms. The SMILES string of the molecule is CC1CC(C)C2CCC/C=C\C=C12. The first-order valence-electron chi connectivity index (χ1n) is 5.65. The van der Waals surface area contributed by atoms with Crippen molar-refractivity contribution in [2.24, 2.45) is 17.8 Å². The van der Waals surface area contributed by atoms with Crippen LogP contribution in [0.25, 0.3) is 0 Å². The van der Waals surface area contributed by atoms with Gasteiger partial charge in [-0.25, -0.2) is 0 Å². The van der Waals surface area contributed by atoms with Crippen molar-refractivity contribution in [2.75, 3.05) is 0 Å². The van der Waals surface area contributed by atoms with Crippen LogP contribution in [-0.4, -0.2) is 0 Å². The summed E-state index contributed by atoms with van der Waals surface area (Å²) >= 11 is 0. The summed E-state index contributed by atoms with van der Waals surface area (Å²) in [4.78, 5) is 0. The number of rotatable bonds is 0. The highest BCUT2D eigenvalue weighted by molar-refractivity contribution is 5.23. The van der Waals surface area contributed by atoms with Gasteiger partial charge in [0, 0.05) is 0 Å². The van der Waals surface area contributed by atoms with Crippen molar-refractivity contribution in [1.82, 2.24) is 0 Å². The summed E-state index contributed by atoms with van der Waals surface area (Å²) in [5, 5.41) is 0. The van der Waals surface area contributed by atoms with Gasteiger partial charge >= 0.3 is 0 Å². The lowest BCUT2D eigenvalue weighted by Gasteiger charge is -2.18. The molecule has 0 N–H and O–H groups in total. The van der Waals surface area contributed by atoms with Crippen LogP contribution in [0.4, 0.5) is 0 Å². The summed E-state index contributed by atoms with van der Waals surface area (Å²) in [7, 11) is 0. The Hall–Kier alpha value is -0.520. The lowest BCUT2D eigenvalue weighted by Crippen LogP contribution is -2.06. The summed E-state index contributed by atoms with van der Waals surface area (Å²) in [5.41, 5.74) is 1.73. The Morgan fingerprint density at radius 2 is 2.15 bits per heavy atom. The third kappa shape index (κ3) is 1.72. The highest BCUT2D eigenvalue weighted by Crippen LogP contribution is 2.43. The molecule has 2 aliphatic rings. The molecule has 0 heteroatoms. The molecule has 2 aliphatic carbocycles. The topological polar surface area (TPSA) is 0 Å². The van der Waals surface area contributed by atoms with Gasteiger partial charge in [-0.3, -0.25) is 0 Å². The van der Waals surface area contributed by atoms with Crippen LogP contribution in [0.3, 0.4) is 0 Å². The number of allylic oxidation sites excluding steroid dienone is 4. The molecule has 1 fully saturated rings. The van der Waals surface area contributed by atoms with Crippen molar-refractivity contribution in [3.8, 4) is 0 Å². The normalized spacial score (nSPS) is 41.7. The lowest BCUT2D eigenvalue weighted by atomic mass is 9.87. The maximum atomic E-state index is 2.42. The molecular weight excluding hydrogens is 156 g/mol. The summed E-state index contributed by atoms with van der Waals surface area (Å²) in [6.07, 6.45) is 12.5. The van der Waals surface area contributed by atoms with Gasteiger partial charge in [0.15, 0.2) is 0 Å². The molecule has 0 aromatic rings. The largest absolute Gasteiger partial charge is 0.0845 e. The zero-order valence-corrected chi connectivity index (χ0v) is 8.79. The molecule has 0 amide bonds. The Morgan fingerprint density at radius 3 is 3.00 bits per heavy atom. The van der Waals surface area contributed by atoms with Gasteiger partial charge in [-0.05, 0) is 43.4 Å². The minimum Gasteiger partial charge on any atom is -0.0845 e. The second-order valence-corrected chi connectivity index (χ2v) is 4.75. The summed E-state index contributed by atoms with van der Waals surface area (Å²) in [5.74, 6) is 2.66. The van der Waals surface area contributed by atoms with Crippen LogP contribution < -0.4 is 0 Å². The molecular formula is C13H20. The maximum Gasteiger partial charge on any atom is -0.0171 e. The van der Waals surface area contributed by atoms with Crippen LogP contribution >= 0.6 is 0 Å². The van der Waals surface area contributed by atoms with Crippen molar-refractivity contribution < 1.29 is 0 Å². The summed E-state index contributed by atoms with van der Waals surface area (Å²) < 4.78 is 0. The molecule has 3 unspecified atom stereocenters.